The summed E-state index contributed by atoms with van der Waals surface area (Å²) in [6.45, 7) is 8.39. The highest BCUT2D eigenvalue weighted by atomic mass is 16.2. The fraction of sp³-hybridized carbons (Fsp3) is 0.900. The maximum atomic E-state index is 11.3. The van der Waals surface area contributed by atoms with Gasteiger partial charge < -0.3 is 4.90 Å². The zero-order valence-corrected chi connectivity index (χ0v) is 8.34. The highest BCUT2D eigenvalue weighted by Gasteiger charge is 2.26. The van der Waals surface area contributed by atoms with Crippen LogP contribution in [0.5, 0.6) is 0 Å². The Kier molecular flexibility index (Phi) is 3.12. The molecule has 1 fully saturated rings. The summed E-state index contributed by atoms with van der Waals surface area (Å²) in [5.74, 6) is 1.78. The minimum atomic E-state index is 0.318. The van der Waals surface area contributed by atoms with Crippen molar-refractivity contribution in [2.24, 2.45) is 11.8 Å². The van der Waals surface area contributed by atoms with Crippen LogP contribution in [0.1, 0.15) is 33.6 Å². The molecule has 0 aromatic rings. The van der Waals surface area contributed by atoms with Crippen LogP contribution in [0.15, 0.2) is 0 Å². The van der Waals surface area contributed by atoms with Gasteiger partial charge in [-0.2, -0.15) is 0 Å². The van der Waals surface area contributed by atoms with Crippen LogP contribution < -0.4 is 0 Å². The standard InChI is InChI=1S/C10H19NO/c1-4-10(12)11-6-5-9(7-11)8(2)3/h8-9H,4-7H2,1-3H3/t9-/m0/s1. The Morgan fingerprint density at radius 2 is 2.25 bits per heavy atom. The normalized spacial score (nSPS) is 23.7. The Labute approximate surface area is 74.9 Å². The summed E-state index contributed by atoms with van der Waals surface area (Å²) in [6, 6.07) is 0. The molecule has 70 valence electrons. The molecule has 1 aliphatic heterocycles. The Morgan fingerprint density at radius 3 is 2.67 bits per heavy atom. The first-order valence-corrected chi connectivity index (χ1v) is 4.93. The van der Waals surface area contributed by atoms with Crippen LogP contribution in [0.3, 0.4) is 0 Å². The van der Waals surface area contributed by atoms with Gasteiger partial charge >= 0.3 is 0 Å². The number of amides is 1. The van der Waals surface area contributed by atoms with Crippen molar-refractivity contribution < 1.29 is 4.79 Å². The van der Waals surface area contributed by atoms with E-state index >= 15 is 0 Å². The lowest BCUT2D eigenvalue weighted by Crippen LogP contribution is -2.28. The predicted octanol–water partition coefficient (Wildman–Crippen LogP) is 1.90. The molecule has 12 heavy (non-hydrogen) atoms. The average molecular weight is 169 g/mol. The van der Waals surface area contributed by atoms with Gasteiger partial charge in [-0.15, -0.1) is 0 Å². The molecule has 1 saturated heterocycles. The molecule has 2 heteroatoms. The van der Waals surface area contributed by atoms with Crippen LogP contribution >= 0.6 is 0 Å². The lowest BCUT2D eigenvalue weighted by Gasteiger charge is -2.17. The van der Waals surface area contributed by atoms with Gasteiger partial charge in [0.15, 0.2) is 0 Å². The van der Waals surface area contributed by atoms with Gasteiger partial charge in [0.05, 0.1) is 0 Å². The molecule has 0 saturated carbocycles. The average Bonchev–Trinajstić information content (AvgIpc) is 2.51. The Bertz CT molecular complexity index is 165. The lowest BCUT2D eigenvalue weighted by molar-refractivity contribution is -0.129. The Balaban J connectivity index is 2.40. The van der Waals surface area contributed by atoms with Crippen molar-refractivity contribution >= 4 is 5.91 Å². The molecule has 0 spiro atoms. The second-order valence-electron chi connectivity index (χ2n) is 3.99. The molecule has 0 N–H and O–H groups in total. The highest BCUT2D eigenvalue weighted by Crippen LogP contribution is 2.23. The van der Waals surface area contributed by atoms with Crippen molar-refractivity contribution in [3.8, 4) is 0 Å². The van der Waals surface area contributed by atoms with E-state index in [0.717, 1.165) is 24.9 Å². The topological polar surface area (TPSA) is 20.3 Å². The van der Waals surface area contributed by atoms with Crippen LogP contribution in [-0.4, -0.2) is 23.9 Å². The molecular weight excluding hydrogens is 150 g/mol. The number of carbonyl (C=O) groups excluding carboxylic acids is 1. The summed E-state index contributed by atoms with van der Waals surface area (Å²) in [7, 11) is 0. The monoisotopic (exact) mass is 169 g/mol. The largest absolute Gasteiger partial charge is 0.342 e. The van der Waals surface area contributed by atoms with E-state index in [2.05, 4.69) is 13.8 Å². The van der Waals surface area contributed by atoms with Crippen LogP contribution in [0.25, 0.3) is 0 Å². The van der Waals surface area contributed by atoms with Gasteiger partial charge in [-0.1, -0.05) is 20.8 Å². The molecule has 1 heterocycles. The first-order chi connectivity index (χ1) is 5.65. The number of hydrogen-bond acceptors (Lipinski definition) is 1. The summed E-state index contributed by atoms with van der Waals surface area (Å²) >= 11 is 0. The highest BCUT2D eigenvalue weighted by molar-refractivity contribution is 5.76. The SMILES string of the molecule is CCC(=O)N1CC[C@H](C(C)C)C1. The molecule has 2 nitrogen and oxygen atoms in total. The minimum Gasteiger partial charge on any atom is -0.342 e. The molecule has 1 rings (SSSR count). The molecule has 1 aliphatic rings. The Morgan fingerprint density at radius 1 is 1.58 bits per heavy atom. The number of rotatable bonds is 2. The molecule has 0 unspecified atom stereocenters. The quantitative estimate of drug-likeness (QED) is 0.618. The smallest absolute Gasteiger partial charge is 0.222 e. The van der Waals surface area contributed by atoms with E-state index < -0.39 is 0 Å². The molecular formula is C10H19NO. The molecule has 1 amide bonds. The van der Waals surface area contributed by atoms with Gasteiger partial charge in [0.25, 0.3) is 0 Å². The van der Waals surface area contributed by atoms with Gasteiger partial charge in [-0.05, 0) is 18.3 Å². The molecule has 0 aliphatic carbocycles. The van der Waals surface area contributed by atoms with Crippen LogP contribution in [0.2, 0.25) is 0 Å². The van der Waals surface area contributed by atoms with Crippen molar-refractivity contribution in [2.75, 3.05) is 13.1 Å². The third-order valence-corrected chi connectivity index (χ3v) is 2.82. The Hall–Kier alpha value is -0.530. The lowest BCUT2D eigenvalue weighted by atomic mass is 9.95. The first-order valence-electron chi connectivity index (χ1n) is 4.93. The second-order valence-corrected chi connectivity index (χ2v) is 3.99. The van der Waals surface area contributed by atoms with Crippen molar-refractivity contribution in [2.45, 2.75) is 33.6 Å². The van der Waals surface area contributed by atoms with E-state index in [1.807, 2.05) is 11.8 Å². The molecule has 0 radical (unpaired) electrons. The van der Waals surface area contributed by atoms with E-state index in [9.17, 15) is 4.79 Å². The fourth-order valence-corrected chi connectivity index (χ4v) is 1.78. The van der Waals surface area contributed by atoms with Crippen molar-refractivity contribution in [1.82, 2.24) is 4.90 Å². The minimum absolute atomic E-state index is 0.318. The van der Waals surface area contributed by atoms with E-state index in [4.69, 9.17) is 0 Å². The second kappa shape index (κ2) is 3.92. The maximum Gasteiger partial charge on any atom is 0.222 e. The summed E-state index contributed by atoms with van der Waals surface area (Å²) in [6.07, 6.45) is 1.86. The number of carbonyl (C=O) groups is 1. The number of hydrogen-bond donors (Lipinski definition) is 0. The van der Waals surface area contributed by atoms with Crippen LogP contribution in [0.4, 0.5) is 0 Å². The van der Waals surface area contributed by atoms with E-state index in [1.54, 1.807) is 0 Å². The van der Waals surface area contributed by atoms with E-state index in [1.165, 1.54) is 6.42 Å². The zero-order valence-electron chi connectivity index (χ0n) is 8.34. The molecule has 0 aromatic carbocycles. The van der Waals surface area contributed by atoms with Gasteiger partial charge in [-0.3, -0.25) is 4.79 Å². The van der Waals surface area contributed by atoms with Gasteiger partial charge in [0.1, 0.15) is 0 Å². The molecule has 1 atom stereocenters. The molecule has 0 bridgehead atoms. The predicted molar refractivity (Wildman–Crippen MR) is 49.8 cm³/mol. The maximum absolute atomic E-state index is 11.3. The molecule has 0 aromatic heterocycles. The summed E-state index contributed by atoms with van der Waals surface area (Å²) in [4.78, 5) is 13.3. The first kappa shape index (κ1) is 9.56. The number of likely N-dealkylation sites (tertiary alicyclic amines) is 1. The van der Waals surface area contributed by atoms with Gasteiger partial charge in [0, 0.05) is 19.5 Å². The summed E-state index contributed by atoms with van der Waals surface area (Å²) in [5.41, 5.74) is 0. The van der Waals surface area contributed by atoms with Crippen molar-refractivity contribution in [1.29, 1.82) is 0 Å². The van der Waals surface area contributed by atoms with Crippen LogP contribution in [-0.2, 0) is 4.79 Å². The third kappa shape index (κ3) is 1.99. The zero-order chi connectivity index (χ0) is 9.14. The number of nitrogens with zero attached hydrogens (tertiary/aromatic N) is 1. The van der Waals surface area contributed by atoms with Crippen molar-refractivity contribution in [3.63, 3.8) is 0 Å². The van der Waals surface area contributed by atoms with Crippen LogP contribution in [0, 0.1) is 11.8 Å². The van der Waals surface area contributed by atoms with Gasteiger partial charge in [0.2, 0.25) is 5.91 Å². The summed E-state index contributed by atoms with van der Waals surface area (Å²) in [5, 5.41) is 0. The fourth-order valence-electron chi connectivity index (χ4n) is 1.78. The third-order valence-electron chi connectivity index (χ3n) is 2.82. The summed E-state index contributed by atoms with van der Waals surface area (Å²) < 4.78 is 0. The van der Waals surface area contributed by atoms with Gasteiger partial charge in [-0.25, -0.2) is 0 Å². The van der Waals surface area contributed by atoms with E-state index in [-0.39, 0.29) is 0 Å². The van der Waals surface area contributed by atoms with E-state index in [0.29, 0.717) is 12.3 Å². The van der Waals surface area contributed by atoms with Crippen molar-refractivity contribution in [3.05, 3.63) is 0 Å².